The lowest BCUT2D eigenvalue weighted by molar-refractivity contribution is -0.132. The second kappa shape index (κ2) is 9.77. The molecule has 2 aliphatic heterocycles. The number of aliphatic hydroxyl groups is 1. The number of anilines is 1. The summed E-state index contributed by atoms with van der Waals surface area (Å²) < 4.78 is 16.9. The minimum absolute atomic E-state index is 0.00300. The fourth-order valence-electron chi connectivity index (χ4n) is 4.72. The number of carbonyl (C=O) groups excluding carboxylic acids is 2. The van der Waals surface area contributed by atoms with E-state index in [2.05, 4.69) is 0 Å². The molecule has 7 heteroatoms. The van der Waals surface area contributed by atoms with Gasteiger partial charge in [0.05, 0.1) is 31.9 Å². The zero-order chi connectivity index (χ0) is 25.2. The van der Waals surface area contributed by atoms with E-state index < -0.39 is 17.7 Å². The van der Waals surface area contributed by atoms with Crippen molar-refractivity contribution in [2.24, 2.45) is 0 Å². The Kier molecular flexibility index (Phi) is 6.38. The first kappa shape index (κ1) is 23.5. The summed E-state index contributed by atoms with van der Waals surface area (Å²) in [7, 11) is 1.53. The van der Waals surface area contributed by atoms with Gasteiger partial charge in [0.25, 0.3) is 11.7 Å². The van der Waals surface area contributed by atoms with Gasteiger partial charge in [-0.05, 0) is 48.4 Å². The van der Waals surface area contributed by atoms with Crippen LogP contribution < -0.4 is 19.1 Å². The van der Waals surface area contributed by atoms with E-state index in [4.69, 9.17) is 14.2 Å². The average molecular weight is 486 g/mol. The molecule has 3 aromatic carbocycles. The second-order valence-electron chi connectivity index (χ2n) is 8.68. The predicted octanol–water partition coefficient (Wildman–Crippen LogP) is 5.05. The van der Waals surface area contributed by atoms with Crippen LogP contribution in [-0.4, -0.2) is 37.1 Å². The Labute approximate surface area is 209 Å². The number of benzene rings is 3. The Morgan fingerprint density at radius 1 is 1.08 bits per heavy atom. The number of rotatable bonds is 7. The SMILES string of the molecule is CCCOc1cccc(N2C(=O)C(=O)/C(=C(/O)c3ccc4c(c3)CCO4)C2c2ccccc2OC)c1. The van der Waals surface area contributed by atoms with Gasteiger partial charge in [-0.3, -0.25) is 14.5 Å². The first-order valence-electron chi connectivity index (χ1n) is 12.0. The standard InChI is InChI=1S/C29H27NO6/c1-3-14-35-21-8-6-7-20(17-21)30-26(22-9-4-5-10-24(22)34-2)25(28(32)29(30)33)27(31)19-11-12-23-18(16-19)13-15-36-23/h4-12,16-17,26,31H,3,13-15H2,1-2H3/b27-25+. The Morgan fingerprint density at radius 2 is 1.92 bits per heavy atom. The molecular weight excluding hydrogens is 458 g/mol. The molecule has 3 aromatic rings. The van der Waals surface area contributed by atoms with Crippen molar-refractivity contribution in [3.8, 4) is 17.2 Å². The summed E-state index contributed by atoms with van der Waals surface area (Å²) in [6, 6.07) is 18.6. The lowest BCUT2D eigenvalue weighted by Crippen LogP contribution is -2.29. The maximum Gasteiger partial charge on any atom is 0.300 e. The van der Waals surface area contributed by atoms with Crippen molar-refractivity contribution in [3.63, 3.8) is 0 Å². The molecule has 1 amide bonds. The normalized spacial score (nSPS) is 18.2. The smallest absolute Gasteiger partial charge is 0.300 e. The molecule has 184 valence electrons. The number of ketones is 1. The van der Waals surface area contributed by atoms with E-state index in [-0.39, 0.29) is 11.3 Å². The molecule has 0 aliphatic carbocycles. The number of carbonyl (C=O) groups is 2. The molecule has 2 heterocycles. The van der Waals surface area contributed by atoms with Gasteiger partial charge >= 0.3 is 0 Å². The molecule has 7 nitrogen and oxygen atoms in total. The van der Waals surface area contributed by atoms with Gasteiger partial charge in [0, 0.05) is 29.3 Å². The molecule has 1 saturated heterocycles. The number of fused-ring (bicyclic) bond motifs is 1. The highest BCUT2D eigenvalue weighted by Crippen LogP contribution is 2.45. The molecule has 0 saturated carbocycles. The summed E-state index contributed by atoms with van der Waals surface area (Å²) >= 11 is 0. The van der Waals surface area contributed by atoms with Crippen molar-refractivity contribution in [3.05, 3.63) is 89.0 Å². The van der Waals surface area contributed by atoms with Gasteiger partial charge in [0.15, 0.2) is 0 Å². The van der Waals surface area contributed by atoms with E-state index in [0.29, 0.717) is 47.9 Å². The molecule has 2 aliphatic rings. The molecule has 1 fully saturated rings. The fourth-order valence-corrected chi connectivity index (χ4v) is 4.72. The van der Waals surface area contributed by atoms with Gasteiger partial charge in [-0.25, -0.2) is 0 Å². The van der Waals surface area contributed by atoms with Crippen molar-refractivity contribution in [1.29, 1.82) is 0 Å². The highest BCUT2D eigenvalue weighted by Gasteiger charge is 2.48. The van der Waals surface area contributed by atoms with Crippen LogP contribution >= 0.6 is 0 Å². The summed E-state index contributed by atoms with van der Waals surface area (Å²) in [6.07, 6.45) is 1.55. The zero-order valence-corrected chi connectivity index (χ0v) is 20.2. The largest absolute Gasteiger partial charge is 0.507 e. The Bertz CT molecular complexity index is 1360. The molecule has 0 bridgehead atoms. The van der Waals surface area contributed by atoms with Crippen molar-refractivity contribution in [1.82, 2.24) is 0 Å². The van der Waals surface area contributed by atoms with Crippen molar-refractivity contribution in [2.45, 2.75) is 25.8 Å². The van der Waals surface area contributed by atoms with E-state index in [1.807, 2.05) is 25.1 Å². The summed E-state index contributed by atoms with van der Waals surface area (Å²) in [5.41, 5.74) is 2.48. The molecule has 1 atom stereocenters. The minimum Gasteiger partial charge on any atom is -0.507 e. The Hall–Kier alpha value is -4.26. The number of aliphatic hydroxyl groups excluding tert-OH is 1. The van der Waals surface area contributed by atoms with Gasteiger partial charge in [-0.2, -0.15) is 0 Å². The third-order valence-corrected chi connectivity index (χ3v) is 6.41. The van der Waals surface area contributed by atoms with Crippen molar-refractivity contribution in [2.75, 3.05) is 25.2 Å². The van der Waals surface area contributed by atoms with Crippen LogP contribution in [0.1, 0.15) is 36.1 Å². The molecule has 1 unspecified atom stereocenters. The van der Waals surface area contributed by atoms with Gasteiger partial charge in [0.1, 0.15) is 23.0 Å². The number of para-hydroxylation sites is 1. The van der Waals surface area contributed by atoms with Gasteiger partial charge in [-0.15, -0.1) is 0 Å². The van der Waals surface area contributed by atoms with Crippen LogP contribution in [0, 0.1) is 0 Å². The van der Waals surface area contributed by atoms with Crippen LogP contribution in [0.2, 0.25) is 0 Å². The molecular formula is C29H27NO6. The third-order valence-electron chi connectivity index (χ3n) is 6.41. The monoisotopic (exact) mass is 485 g/mol. The second-order valence-corrected chi connectivity index (χ2v) is 8.68. The number of nitrogens with zero attached hydrogens (tertiary/aromatic N) is 1. The maximum absolute atomic E-state index is 13.5. The quantitative estimate of drug-likeness (QED) is 0.287. The number of ether oxygens (including phenoxy) is 3. The van der Waals surface area contributed by atoms with E-state index in [0.717, 1.165) is 17.7 Å². The molecule has 0 spiro atoms. The third kappa shape index (κ3) is 4.06. The zero-order valence-electron chi connectivity index (χ0n) is 20.2. The Morgan fingerprint density at radius 3 is 2.72 bits per heavy atom. The van der Waals surface area contributed by atoms with Crippen LogP contribution in [0.25, 0.3) is 5.76 Å². The summed E-state index contributed by atoms with van der Waals surface area (Å²) in [6.45, 7) is 3.11. The topological polar surface area (TPSA) is 85.3 Å². The predicted molar refractivity (Wildman–Crippen MR) is 136 cm³/mol. The van der Waals surface area contributed by atoms with Gasteiger partial charge in [0.2, 0.25) is 0 Å². The first-order valence-corrected chi connectivity index (χ1v) is 12.0. The number of Topliss-reactive ketones (excluding diaryl/α,β-unsaturated/α-hetero) is 1. The first-order chi connectivity index (χ1) is 17.5. The van der Waals surface area contributed by atoms with E-state index in [1.54, 1.807) is 48.5 Å². The number of hydrogen-bond donors (Lipinski definition) is 1. The Balaban J connectivity index is 1.69. The number of hydrogen-bond acceptors (Lipinski definition) is 6. The van der Waals surface area contributed by atoms with E-state index >= 15 is 0 Å². The molecule has 5 rings (SSSR count). The van der Waals surface area contributed by atoms with Crippen LogP contribution in [-0.2, 0) is 16.0 Å². The van der Waals surface area contributed by atoms with E-state index in [1.165, 1.54) is 12.0 Å². The maximum atomic E-state index is 13.5. The highest BCUT2D eigenvalue weighted by molar-refractivity contribution is 6.51. The lowest BCUT2D eigenvalue weighted by Gasteiger charge is -2.27. The van der Waals surface area contributed by atoms with Crippen LogP contribution in [0.5, 0.6) is 17.2 Å². The van der Waals surface area contributed by atoms with E-state index in [9.17, 15) is 14.7 Å². The number of amides is 1. The number of methoxy groups -OCH3 is 1. The van der Waals surface area contributed by atoms with Gasteiger partial charge in [-0.1, -0.05) is 31.2 Å². The average Bonchev–Trinajstić information content (AvgIpc) is 3.49. The van der Waals surface area contributed by atoms with Crippen LogP contribution in [0.4, 0.5) is 5.69 Å². The van der Waals surface area contributed by atoms with Gasteiger partial charge < -0.3 is 19.3 Å². The molecule has 1 N–H and O–H groups in total. The summed E-state index contributed by atoms with van der Waals surface area (Å²) in [4.78, 5) is 28.4. The molecule has 0 aromatic heterocycles. The van der Waals surface area contributed by atoms with Crippen molar-refractivity contribution >= 4 is 23.1 Å². The summed E-state index contributed by atoms with van der Waals surface area (Å²) in [5, 5.41) is 11.4. The van der Waals surface area contributed by atoms with Crippen molar-refractivity contribution < 1.29 is 28.9 Å². The van der Waals surface area contributed by atoms with Crippen LogP contribution in [0.15, 0.2) is 72.3 Å². The molecule has 0 radical (unpaired) electrons. The minimum atomic E-state index is -0.896. The highest BCUT2D eigenvalue weighted by atomic mass is 16.5. The van der Waals surface area contributed by atoms with Crippen LogP contribution in [0.3, 0.4) is 0 Å². The lowest BCUT2D eigenvalue weighted by atomic mass is 9.94. The fraction of sp³-hybridized carbons (Fsp3) is 0.241. The molecule has 36 heavy (non-hydrogen) atoms. The summed E-state index contributed by atoms with van der Waals surface area (Å²) in [5.74, 6) is 0.122.